The average Bonchev–Trinajstić information content (AvgIpc) is 2.26. The topological polar surface area (TPSA) is 29.5 Å². The monoisotopic (exact) mass is 218 g/mol. The van der Waals surface area contributed by atoms with Crippen LogP contribution in [0.1, 0.15) is 42.9 Å². The third-order valence-electron chi connectivity index (χ3n) is 3.88. The zero-order valence-electron chi connectivity index (χ0n) is 9.48. The fourth-order valence-electron chi connectivity index (χ4n) is 2.66. The van der Waals surface area contributed by atoms with E-state index in [2.05, 4.69) is 6.07 Å². The molecule has 1 aromatic carbocycles. The van der Waals surface area contributed by atoms with E-state index in [1.807, 2.05) is 12.1 Å². The second kappa shape index (κ2) is 4.10. The van der Waals surface area contributed by atoms with Crippen LogP contribution in [0.3, 0.4) is 0 Å². The number of aryl methyl sites for hydroxylation is 1. The maximum atomic E-state index is 10.3. The largest absolute Gasteiger partial charge is 0.493 e. The number of para-hydroxylation sites is 1. The maximum absolute atomic E-state index is 10.3. The Morgan fingerprint density at radius 1 is 1.25 bits per heavy atom. The highest BCUT2D eigenvalue weighted by Gasteiger charge is 2.29. The van der Waals surface area contributed by atoms with Gasteiger partial charge in [-0.3, -0.25) is 0 Å². The van der Waals surface area contributed by atoms with Gasteiger partial charge < -0.3 is 9.84 Å². The summed E-state index contributed by atoms with van der Waals surface area (Å²) in [5.41, 5.74) is 2.28. The van der Waals surface area contributed by atoms with Gasteiger partial charge in [-0.25, -0.2) is 0 Å². The molecular formula is C14H18O2. The van der Waals surface area contributed by atoms with E-state index in [4.69, 9.17) is 4.74 Å². The van der Waals surface area contributed by atoms with Crippen LogP contribution in [0.15, 0.2) is 18.2 Å². The van der Waals surface area contributed by atoms with Gasteiger partial charge in [0.15, 0.2) is 0 Å². The summed E-state index contributed by atoms with van der Waals surface area (Å²) in [7, 11) is 0. The number of benzene rings is 1. The molecule has 16 heavy (non-hydrogen) atoms. The molecule has 0 spiro atoms. The number of aliphatic hydroxyl groups excluding tert-OH is 1. The first-order chi connectivity index (χ1) is 7.86. The average molecular weight is 218 g/mol. The number of hydrogen-bond donors (Lipinski definition) is 1. The van der Waals surface area contributed by atoms with Gasteiger partial charge in [0.2, 0.25) is 0 Å². The Bertz CT molecular complexity index is 382. The first-order valence-corrected chi connectivity index (χ1v) is 6.29. The highest BCUT2D eigenvalue weighted by Crippen LogP contribution is 2.42. The smallest absolute Gasteiger partial charge is 0.128 e. The first-order valence-electron chi connectivity index (χ1n) is 6.29. The molecular weight excluding hydrogens is 200 g/mol. The zero-order valence-corrected chi connectivity index (χ0v) is 9.48. The Hall–Kier alpha value is -1.02. The minimum absolute atomic E-state index is 0.318. The van der Waals surface area contributed by atoms with E-state index >= 15 is 0 Å². The lowest BCUT2D eigenvalue weighted by molar-refractivity contribution is 0.0589. The summed E-state index contributed by atoms with van der Waals surface area (Å²) in [6.45, 7) is 0.793. The summed E-state index contributed by atoms with van der Waals surface area (Å²) in [4.78, 5) is 0. The summed E-state index contributed by atoms with van der Waals surface area (Å²) < 4.78 is 5.73. The van der Waals surface area contributed by atoms with E-state index in [1.165, 1.54) is 12.0 Å². The zero-order chi connectivity index (χ0) is 11.0. The highest BCUT2D eigenvalue weighted by molar-refractivity contribution is 5.44. The minimum atomic E-state index is -0.318. The number of aliphatic hydroxyl groups is 1. The lowest BCUT2D eigenvalue weighted by atomic mass is 9.78. The van der Waals surface area contributed by atoms with E-state index in [-0.39, 0.29) is 6.10 Å². The lowest BCUT2D eigenvalue weighted by Gasteiger charge is -2.32. The molecule has 1 aliphatic carbocycles. The minimum Gasteiger partial charge on any atom is -0.493 e. The summed E-state index contributed by atoms with van der Waals surface area (Å²) >= 11 is 0. The Labute approximate surface area is 96.2 Å². The molecule has 1 fully saturated rings. The first kappa shape index (κ1) is 10.2. The molecule has 2 nitrogen and oxygen atoms in total. The van der Waals surface area contributed by atoms with Gasteiger partial charge in [-0.2, -0.15) is 0 Å². The third-order valence-corrected chi connectivity index (χ3v) is 3.88. The molecule has 0 amide bonds. The van der Waals surface area contributed by atoms with Crippen LogP contribution in [0.25, 0.3) is 0 Å². The van der Waals surface area contributed by atoms with Crippen molar-refractivity contribution in [3.8, 4) is 5.75 Å². The molecule has 1 aromatic rings. The maximum Gasteiger partial charge on any atom is 0.128 e. The lowest BCUT2D eigenvalue weighted by Crippen LogP contribution is -2.21. The van der Waals surface area contributed by atoms with E-state index in [0.717, 1.165) is 43.6 Å². The Balaban J connectivity index is 1.93. The van der Waals surface area contributed by atoms with Crippen LogP contribution < -0.4 is 4.74 Å². The van der Waals surface area contributed by atoms with Crippen LogP contribution in [-0.2, 0) is 6.42 Å². The molecule has 0 aromatic heterocycles. The number of rotatable bonds is 2. The van der Waals surface area contributed by atoms with Crippen molar-refractivity contribution in [3.63, 3.8) is 0 Å². The molecule has 1 N–H and O–H groups in total. The molecule has 0 radical (unpaired) electrons. The third kappa shape index (κ3) is 1.61. The molecule has 2 heteroatoms. The molecule has 3 rings (SSSR count). The van der Waals surface area contributed by atoms with Crippen molar-refractivity contribution in [2.75, 3.05) is 6.61 Å². The van der Waals surface area contributed by atoms with Crippen LogP contribution in [0.5, 0.6) is 5.75 Å². The Kier molecular flexibility index (Phi) is 2.60. The van der Waals surface area contributed by atoms with Gasteiger partial charge in [-0.15, -0.1) is 0 Å². The summed E-state index contributed by atoms with van der Waals surface area (Å²) in [6.07, 6.45) is 5.44. The van der Waals surface area contributed by atoms with E-state index in [1.54, 1.807) is 0 Å². The fraction of sp³-hybridized carbons (Fsp3) is 0.571. The molecule has 0 saturated heterocycles. The van der Waals surface area contributed by atoms with Crippen molar-refractivity contribution < 1.29 is 9.84 Å². The van der Waals surface area contributed by atoms with Crippen LogP contribution in [0.4, 0.5) is 0 Å². The van der Waals surface area contributed by atoms with Crippen LogP contribution in [-0.4, -0.2) is 11.7 Å². The van der Waals surface area contributed by atoms with Crippen molar-refractivity contribution in [3.05, 3.63) is 29.3 Å². The number of fused-ring (bicyclic) bond motifs is 1. The van der Waals surface area contributed by atoms with Gasteiger partial charge in [0.05, 0.1) is 12.7 Å². The van der Waals surface area contributed by atoms with Gasteiger partial charge in [0, 0.05) is 5.56 Å². The van der Waals surface area contributed by atoms with Crippen molar-refractivity contribution in [2.24, 2.45) is 5.92 Å². The molecule has 2 aliphatic rings. The molecule has 1 aliphatic heterocycles. The predicted octanol–water partition coefficient (Wildman–Crippen LogP) is 2.85. The SMILES string of the molecule is OC(c1cccc2c1OCCC2)C1CCC1. The molecule has 1 unspecified atom stereocenters. The van der Waals surface area contributed by atoms with Crippen molar-refractivity contribution >= 4 is 0 Å². The summed E-state index contributed by atoms with van der Waals surface area (Å²) in [5, 5.41) is 10.3. The van der Waals surface area contributed by atoms with Crippen LogP contribution >= 0.6 is 0 Å². The second-order valence-corrected chi connectivity index (χ2v) is 4.92. The Morgan fingerprint density at radius 3 is 2.88 bits per heavy atom. The Morgan fingerprint density at radius 2 is 2.12 bits per heavy atom. The summed E-state index contributed by atoms with van der Waals surface area (Å²) in [5.74, 6) is 1.42. The van der Waals surface area contributed by atoms with E-state index in [0.29, 0.717) is 5.92 Å². The molecule has 86 valence electrons. The normalized spacial score (nSPS) is 21.8. The summed E-state index contributed by atoms with van der Waals surface area (Å²) in [6, 6.07) is 6.18. The standard InChI is InChI=1S/C14H18O2/c15-13(10-4-1-5-10)12-8-2-6-11-7-3-9-16-14(11)12/h2,6,8,10,13,15H,1,3-5,7,9H2. The van der Waals surface area contributed by atoms with Gasteiger partial charge in [0.25, 0.3) is 0 Å². The predicted molar refractivity (Wildman–Crippen MR) is 62.6 cm³/mol. The fourth-order valence-corrected chi connectivity index (χ4v) is 2.66. The second-order valence-electron chi connectivity index (χ2n) is 4.92. The molecule has 1 saturated carbocycles. The highest BCUT2D eigenvalue weighted by atomic mass is 16.5. The van der Waals surface area contributed by atoms with Gasteiger partial charge >= 0.3 is 0 Å². The number of hydrogen-bond acceptors (Lipinski definition) is 2. The van der Waals surface area contributed by atoms with E-state index in [9.17, 15) is 5.11 Å². The van der Waals surface area contributed by atoms with E-state index < -0.39 is 0 Å². The molecule has 1 heterocycles. The van der Waals surface area contributed by atoms with Crippen LogP contribution in [0, 0.1) is 5.92 Å². The van der Waals surface area contributed by atoms with Gasteiger partial charge in [-0.05, 0) is 37.2 Å². The molecule has 0 bridgehead atoms. The van der Waals surface area contributed by atoms with Gasteiger partial charge in [0.1, 0.15) is 5.75 Å². The van der Waals surface area contributed by atoms with Crippen molar-refractivity contribution in [2.45, 2.75) is 38.2 Å². The van der Waals surface area contributed by atoms with Crippen molar-refractivity contribution in [1.82, 2.24) is 0 Å². The molecule has 1 atom stereocenters. The van der Waals surface area contributed by atoms with Crippen molar-refractivity contribution in [1.29, 1.82) is 0 Å². The quantitative estimate of drug-likeness (QED) is 0.827. The van der Waals surface area contributed by atoms with Crippen LogP contribution in [0.2, 0.25) is 0 Å². The number of ether oxygens (including phenoxy) is 1. The van der Waals surface area contributed by atoms with Gasteiger partial charge in [-0.1, -0.05) is 24.6 Å².